The summed E-state index contributed by atoms with van der Waals surface area (Å²) in [5.41, 5.74) is 0.675. The third-order valence-corrected chi connectivity index (χ3v) is 4.47. The summed E-state index contributed by atoms with van der Waals surface area (Å²) in [5.74, 6) is 0.885. The number of aromatic nitrogens is 2. The zero-order chi connectivity index (χ0) is 16.9. The molecular formula is C18H22ClN3O2. The van der Waals surface area contributed by atoms with Crippen LogP contribution in [0.15, 0.2) is 36.5 Å². The van der Waals surface area contributed by atoms with Gasteiger partial charge in [-0.15, -0.1) is 0 Å². The van der Waals surface area contributed by atoms with Gasteiger partial charge in [-0.1, -0.05) is 18.5 Å². The number of rotatable bonds is 5. The van der Waals surface area contributed by atoms with Gasteiger partial charge in [0.1, 0.15) is 17.5 Å². The summed E-state index contributed by atoms with van der Waals surface area (Å²) in [6, 6.07) is 9.20. The van der Waals surface area contributed by atoms with Crippen molar-refractivity contribution >= 4 is 17.5 Å². The van der Waals surface area contributed by atoms with Gasteiger partial charge in [-0.2, -0.15) is 5.10 Å². The van der Waals surface area contributed by atoms with Crippen LogP contribution in [0.1, 0.15) is 36.7 Å². The summed E-state index contributed by atoms with van der Waals surface area (Å²) in [7, 11) is 0. The lowest BCUT2D eigenvalue weighted by Crippen LogP contribution is -2.42. The molecular weight excluding hydrogens is 326 g/mol. The predicted molar refractivity (Wildman–Crippen MR) is 93.5 cm³/mol. The molecule has 0 radical (unpaired) electrons. The van der Waals surface area contributed by atoms with Crippen molar-refractivity contribution in [1.82, 2.24) is 14.7 Å². The van der Waals surface area contributed by atoms with Crippen LogP contribution in [-0.2, 0) is 6.54 Å². The van der Waals surface area contributed by atoms with Crippen molar-refractivity contribution in [3.8, 4) is 5.75 Å². The Kier molecular flexibility index (Phi) is 5.41. The standard InChI is InChI=1S/C18H22ClN3O2/c1-2-11-22-17(7-10-20-22)18(23)21-12-8-16(9-13-21)24-15-5-3-14(19)4-6-15/h3-7,10,16H,2,8-9,11-13H2,1H3. The molecule has 0 spiro atoms. The molecule has 2 aromatic rings. The molecule has 1 amide bonds. The molecule has 128 valence electrons. The lowest BCUT2D eigenvalue weighted by atomic mass is 10.1. The number of hydrogen-bond acceptors (Lipinski definition) is 3. The number of likely N-dealkylation sites (tertiary alicyclic amines) is 1. The van der Waals surface area contributed by atoms with Crippen LogP contribution in [0.4, 0.5) is 0 Å². The van der Waals surface area contributed by atoms with E-state index in [-0.39, 0.29) is 12.0 Å². The number of hydrogen-bond donors (Lipinski definition) is 0. The third kappa shape index (κ3) is 3.90. The van der Waals surface area contributed by atoms with Crippen molar-refractivity contribution in [2.24, 2.45) is 0 Å². The van der Waals surface area contributed by atoms with Crippen molar-refractivity contribution in [3.63, 3.8) is 0 Å². The van der Waals surface area contributed by atoms with Crippen molar-refractivity contribution in [2.45, 2.75) is 38.8 Å². The Morgan fingerprint density at radius 1 is 1.25 bits per heavy atom. The van der Waals surface area contributed by atoms with Gasteiger partial charge in [0.15, 0.2) is 0 Å². The molecule has 1 aromatic carbocycles. The molecule has 1 saturated heterocycles. The Morgan fingerprint density at radius 2 is 1.96 bits per heavy atom. The number of nitrogens with zero attached hydrogens (tertiary/aromatic N) is 3. The molecule has 1 aliphatic heterocycles. The highest BCUT2D eigenvalue weighted by molar-refractivity contribution is 6.30. The Labute approximate surface area is 147 Å². The van der Waals surface area contributed by atoms with E-state index in [4.69, 9.17) is 16.3 Å². The van der Waals surface area contributed by atoms with E-state index in [1.165, 1.54) is 0 Å². The van der Waals surface area contributed by atoms with Gasteiger partial charge in [-0.3, -0.25) is 9.48 Å². The third-order valence-electron chi connectivity index (χ3n) is 4.22. The van der Waals surface area contributed by atoms with Gasteiger partial charge in [0.25, 0.3) is 5.91 Å². The van der Waals surface area contributed by atoms with Crippen LogP contribution in [-0.4, -0.2) is 39.8 Å². The van der Waals surface area contributed by atoms with Gasteiger partial charge in [0.2, 0.25) is 0 Å². The Hall–Kier alpha value is -2.01. The second-order valence-corrected chi connectivity index (χ2v) is 6.44. The van der Waals surface area contributed by atoms with E-state index in [1.807, 2.05) is 29.2 Å². The van der Waals surface area contributed by atoms with E-state index in [9.17, 15) is 4.79 Å². The minimum atomic E-state index is 0.0610. The van der Waals surface area contributed by atoms with Crippen LogP contribution in [0.2, 0.25) is 5.02 Å². The van der Waals surface area contributed by atoms with E-state index in [0.717, 1.165) is 31.6 Å². The van der Waals surface area contributed by atoms with Crippen LogP contribution < -0.4 is 4.74 Å². The van der Waals surface area contributed by atoms with Gasteiger partial charge in [-0.25, -0.2) is 0 Å². The topological polar surface area (TPSA) is 47.4 Å². The smallest absolute Gasteiger partial charge is 0.272 e. The average molecular weight is 348 g/mol. The van der Waals surface area contributed by atoms with Crippen molar-refractivity contribution in [2.75, 3.05) is 13.1 Å². The summed E-state index contributed by atoms with van der Waals surface area (Å²) in [5, 5.41) is 4.93. The number of carbonyl (C=O) groups excluding carboxylic acids is 1. The molecule has 1 aliphatic rings. The van der Waals surface area contributed by atoms with Gasteiger partial charge in [0, 0.05) is 43.7 Å². The molecule has 0 unspecified atom stereocenters. The highest BCUT2D eigenvalue weighted by Crippen LogP contribution is 2.22. The monoisotopic (exact) mass is 347 g/mol. The number of amides is 1. The van der Waals surface area contributed by atoms with E-state index < -0.39 is 0 Å². The largest absolute Gasteiger partial charge is 0.490 e. The van der Waals surface area contributed by atoms with E-state index >= 15 is 0 Å². The second kappa shape index (κ2) is 7.71. The fourth-order valence-electron chi connectivity index (χ4n) is 2.95. The summed E-state index contributed by atoms with van der Waals surface area (Å²) < 4.78 is 7.77. The van der Waals surface area contributed by atoms with E-state index in [1.54, 1.807) is 16.9 Å². The molecule has 5 nitrogen and oxygen atoms in total. The van der Waals surface area contributed by atoms with Crippen LogP contribution in [0.25, 0.3) is 0 Å². The summed E-state index contributed by atoms with van der Waals surface area (Å²) in [4.78, 5) is 14.6. The van der Waals surface area contributed by atoms with E-state index in [0.29, 0.717) is 23.8 Å². The highest BCUT2D eigenvalue weighted by atomic mass is 35.5. The maximum atomic E-state index is 12.7. The minimum absolute atomic E-state index is 0.0610. The van der Waals surface area contributed by atoms with Gasteiger partial charge in [-0.05, 0) is 36.8 Å². The van der Waals surface area contributed by atoms with Crippen molar-refractivity contribution < 1.29 is 9.53 Å². The molecule has 2 heterocycles. The SMILES string of the molecule is CCCn1nccc1C(=O)N1CCC(Oc2ccc(Cl)cc2)CC1. The molecule has 6 heteroatoms. The summed E-state index contributed by atoms with van der Waals surface area (Å²) >= 11 is 5.89. The van der Waals surface area contributed by atoms with Gasteiger partial charge < -0.3 is 9.64 Å². The van der Waals surface area contributed by atoms with Crippen LogP contribution >= 0.6 is 11.6 Å². The van der Waals surface area contributed by atoms with E-state index in [2.05, 4.69) is 12.0 Å². The van der Waals surface area contributed by atoms with Crippen LogP contribution in [0.5, 0.6) is 5.75 Å². The number of benzene rings is 1. The summed E-state index contributed by atoms with van der Waals surface area (Å²) in [6.45, 7) is 4.25. The minimum Gasteiger partial charge on any atom is -0.490 e. The Bertz CT molecular complexity index is 676. The lowest BCUT2D eigenvalue weighted by Gasteiger charge is -2.32. The first-order valence-electron chi connectivity index (χ1n) is 8.40. The molecule has 1 fully saturated rings. The summed E-state index contributed by atoms with van der Waals surface area (Å²) in [6.07, 6.45) is 4.45. The molecule has 0 atom stereocenters. The quantitative estimate of drug-likeness (QED) is 0.829. The fourth-order valence-corrected chi connectivity index (χ4v) is 3.07. The molecule has 0 saturated carbocycles. The number of piperidine rings is 1. The molecule has 0 aliphatic carbocycles. The van der Waals surface area contributed by atoms with Gasteiger partial charge in [0.05, 0.1) is 0 Å². The molecule has 1 aromatic heterocycles. The van der Waals surface area contributed by atoms with Crippen LogP contribution in [0, 0.1) is 0 Å². The molecule has 0 bridgehead atoms. The zero-order valence-electron chi connectivity index (χ0n) is 13.8. The second-order valence-electron chi connectivity index (χ2n) is 6.00. The first-order valence-corrected chi connectivity index (χ1v) is 8.78. The fraction of sp³-hybridized carbons (Fsp3) is 0.444. The zero-order valence-corrected chi connectivity index (χ0v) is 14.6. The lowest BCUT2D eigenvalue weighted by molar-refractivity contribution is 0.0584. The molecule has 3 rings (SSSR count). The maximum absolute atomic E-state index is 12.7. The van der Waals surface area contributed by atoms with Crippen molar-refractivity contribution in [3.05, 3.63) is 47.2 Å². The first-order chi connectivity index (χ1) is 11.7. The van der Waals surface area contributed by atoms with Crippen molar-refractivity contribution in [1.29, 1.82) is 0 Å². The van der Waals surface area contributed by atoms with Crippen LogP contribution in [0.3, 0.4) is 0 Å². The number of ether oxygens (including phenoxy) is 1. The number of carbonyl (C=O) groups is 1. The van der Waals surface area contributed by atoms with Gasteiger partial charge >= 0.3 is 0 Å². The normalized spacial score (nSPS) is 15.5. The Balaban J connectivity index is 1.55. The maximum Gasteiger partial charge on any atom is 0.272 e. The molecule has 0 N–H and O–H groups in total. The average Bonchev–Trinajstić information content (AvgIpc) is 3.06. The predicted octanol–water partition coefficient (Wildman–Crippen LogP) is 3.63. The Morgan fingerprint density at radius 3 is 2.62 bits per heavy atom. The first kappa shape index (κ1) is 16.8. The number of aryl methyl sites for hydroxylation is 1. The highest BCUT2D eigenvalue weighted by Gasteiger charge is 2.26. The molecule has 24 heavy (non-hydrogen) atoms. The number of halogens is 1.